The highest BCUT2D eigenvalue weighted by atomic mass is 16.5. The smallest absolute Gasteiger partial charge is 0.0701 e. The van der Waals surface area contributed by atoms with E-state index in [9.17, 15) is 0 Å². The highest BCUT2D eigenvalue weighted by molar-refractivity contribution is 5.28. The zero-order valence-corrected chi connectivity index (χ0v) is 12.1. The van der Waals surface area contributed by atoms with Crippen molar-refractivity contribution in [2.75, 3.05) is 26.7 Å². The standard InChI is InChI=1S/C16H26N2O/c1-13-7-3-4-9-15(13)16(17)12-18(2)11-14-8-5-6-10-19-14/h3-4,7,9,14,16H,5-6,8,10-12,17H2,1-2H3. The number of nitrogens with two attached hydrogens (primary N) is 1. The molecule has 2 unspecified atom stereocenters. The van der Waals surface area contributed by atoms with Crippen molar-refractivity contribution < 1.29 is 4.74 Å². The Labute approximate surface area is 116 Å². The minimum atomic E-state index is 0.0785. The lowest BCUT2D eigenvalue weighted by atomic mass is 10.0. The van der Waals surface area contributed by atoms with Gasteiger partial charge < -0.3 is 15.4 Å². The van der Waals surface area contributed by atoms with Crippen molar-refractivity contribution >= 4 is 0 Å². The van der Waals surface area contributed by atoms with Gasteiger partial charge in [0.25, 0.3) is 0 Å². The molecule has 2 N–H and O–H groups in total. The Kier molecular flexibility index (Phi) is 5.37. The minimum Gasteiger partial charge on any atom is -0.377 e. The second kappa shape index (κ2) is 7.04. The molecule has 1 heterocycles. The molecule has 0 amide bonds. The van der Waals surface area contributed by atoms with E-state index in [1.165, 1.54) is 30.4 Å². The van der Waals surface area contributed by atoms with E-state index in [2.05, 4.69) is 43.1 Å². The average Bonchev–Trinajstić information content (AvgIpc) is 2.40. The van der Waals surface area contributed by atoms with Crippen molar-refractivity contribution in [2.45, 2.75) is 38.3 Å². The summed E-state index contributed by atoms with van der Waals surface area (Å²) in [5.74, 6) is 0. The van der Waals surface area contributed by atoms with Crippen LogP contribution in [0.4, 0.5) is 0 Å². The molecule has 106 valence electrons. The lowest BCUT2D eigenvalue weighted by Crippen LogP contribution is -2.37. The van der Waals surface area contributed by atoms with Gasteiger partial charge in [0, 0.05) is 25.7 Å². The molecule has 0 bridgehead atoms. The molecule has 0 saturated carbocycles. The predicted octanol–water partition coefficient (Wildman–Crippen LogP) is 2.50. The summed E-state index contributed by atoms with van der Waals surface area (Å²) in [6, 6.07) is 8.46. The molecule has 19 heavy (non-hydrogen) atoms. The first-order valence-corrected chi connectivity index (χ1v) is 7.28. The van der Waals surface area contributed by atoms with Crippen LogP contribution in [0.2, 0.25) is 0 Å². The van der Waals surface area contributed by atoms with E-state index in [0.29, 0.717) is 6.10 Å². The summed E-state index contributed by atoms with van der Waals surface area (Å²) in [5.41, 5.74) is 8.84. The van der Waals surface area contributed by atoms with Gasteiger partial charge in [0.05, 0.1) is 6.10 Å². The van der Waals surface area contributed by atoms with Crippen LogP contribution in [0.15, 0.2) is 24.3 Å². The molecular weight excluding hydrogens is 236 g/mol. The van der Waals surface area contributed by atoms with E-state index in [0.717, 1.165) is 19.7 Å². The highest BCUT2D eigenvalue weighted by Crippen LogP contribution is 2.17. The fourth-order valence-corrected chi connectivity index (χ4v) is 2.81. The molecular formula is C16H26N2O. The van der Waals surface area contributed by atoms with Crippen molar-refractivity contribution in [1.82, 2.24) is 4.90 Å². The first kappa shape index (κ1) is 14.5. The molecule has 1 fully saturated rings. The Morgan fingerprint density at radius 2 is 2.16 bits per heavy atom. The first-order chi connectivity index (χ1) is 9.16. The van der Waals surface area contributed by atoms with Crippen LogP contribution in [-0.2, 0) is 4.74 Å². The van der Waals surface area contributed by atoms with Crippen molar-refractivity contribution in [3.8, 4) is 0 Å². The fourth-order valence-electron chi connectivity index (χ4n) is 2.81. The van der Waals surface area contributed by atoms with Gasteiger partial charge in [-0.25, -0.2) is 0 Å². The SMILES string of the molecule is Cc1ccccc1C(N)CN(C)CC1CCCCO1. The number of nitrogens with zero attached hydrogens (tertiary/aromatic N) is 1. The maximum Gasteiger partial charge on any atom is 0.0701 e. The van der Waals surface area contributed by atoms with Crippen LogP contribution in [0.3, 0.4) is 0 Å². The summed E-state index contributed by atoms with van der Waals surface area (Å²) < 4.78 is 5.78. The van der Waals surface area contributed by atoms with Gasteiger partial charge in [0.15, 0.2) is 0 Å². The van der Waals surface area contributed by atoms with E-state index >= 15 is 0 Å². The molecule has 1 aromatic carbocycles. The first-order valence-electron chi connectivity index (χ1n) is 7.28. The number of benzene rings is 1. The maximum atomic E-state index is 6.32. The molecule has 0 radical (unpaired) electrons. The van der Waals surface area contributed by atoms with Crippen molar-refractivity contribution in [3.63, 3.8) is 0 Å². The molecule has 1 aromatic rings. The van der Waals surface area contributed by atoms with Crippen molar-refractivity contribution in [2.24, 2.45) is 5.73 Å². The van der Waals surface area contributed by atoms with Gasteiger partial charge >= 0.3 is 0 Å². The summed E-state index contributed by atoms with van der Waals surface area (Å²) >= 11 is 0. The molecule has 1 aliphatic heterocycles. The van der Waals surface area contributed by atoms with Crippen LogP contribution in [0.1, 0.15) is 36.4 Å². The topological polar surface area (TPSA) is 38.5 Å². The van der Waals surface area contributed by atoms with E-state index in [1.54, 1.807) is 0 Å². The molecule has 0 aliphatic carbocycles. The van der Waals surface area contributed by atoms with Crippen molar-refractivity contribution in [3.05, 3.63) is 35.4 Å². The molecule has 0 aromatic heterocycles. The average molecular weight is 262 g/mol. The van der Waals surface area contributed by atoms with Crippen LogP contribution in [0, 0.1) is 6.92 Å². The van der Waals surface area contributed by atoms with Gasteiger partial charge in [-0.2, -0.15) is 0 Å². The van der Waals surface area contributed by atoms with Gasteiger partial charge in [0.2, 0.25) is 0 Å². The molecule has 2 atom stereocenters. The monoisotopic (exact) mass is 262 g/mol. The van der Waals surface area contributed by atoms with Gasteiger partial charge in [0.1, 0.15) is 0 Å². The number of aryl methyl sites for hydroxylation is 1. The summed E-state index contributed by atoms with van der Waals surface area (Å²) in [5, 5.41) is 0. The zero-order valence-electron chi connectivity index (χ0n) is 12.1. The summed E-state index contributed by atoms with van der Waals surface area (Å²) in [6.45, 7) is 4.91. The zero-order chi connectivity index (χ0) is 13.7. The van der Waals surface area contributed by atoms with Crippen LogP contribution in [0.5, 0.6) is 0 Å². The van der Waals surface area contributed by atoms with E-state index in [-0.39, 0.29) is 6.04 Å². The Morgan fingerprint density at radius 1 is 1.37 bits per heavy atom. The third kappa shape index (κ3) is 4.30. The number of likely N-dealkylation sites (N-methyl/N-ethyl adjacent to an activating group) is 1. The summed E-state index contributed by atoms with van der Waals surface area (Å²) in [6.07, 6.45) is 4.08. The third-order valence-electron chi connectivity index (χ3n) is 3.89. The predicted molar refractivity (Wildman–Crippen MR) is 79.2 cm³/mol. The third-order valence-corrected chi connectivity index (χ3v) is 3.89. The van der Waals surface area contributed by atoms with Gasteiger partial charge in [-0.15, -0.1) is 0 Å². The lowest BCUT2D eigenvalue weighted by Gasteiger charge is -2.29. The Bertz CT molecular complexity index is 388. The molecule has 1 saturated heterocycles. The van der Waals surface area contributed by atoms with Crippen LogP contribution in [-0.4, -0.2) is 37.7 Å². The lowest BCUT2D eigenvalue weighted by molar-refractivity contribution is -0.00214. The number of hydrogen-bond acceptors (Lipinski definition) is 3. The van der Waals surface area contributed by atoms with Gasteiger partial charge in [-0.1, -0.05) is 24.3 Å². The number of ether oxygens (including phenoxy) is 1. The van der Waals surface area contributed by atoms with Gasteiger partial charge in [-0.05, 0) is 44.4 Å². The number of rotatable bonds is 5. The van der Waals surface area contributed by atoms with E-state index in [4.69, 9.17) is 10.5 Å². The van der Waals surface area contributed by atoms with E-state index < -0.39 is 0 Å². The summed E-state index contributed by atoms with van der Waals surface area (Å²) in [7, 11) is 2.14. The van der Waals surface area contributed by atoms with Crippen LogP contribution in [0.25, 0.3) is 0 Å². The minimum absolute atomic E-state index is 0.0785. The molecule has 3 heteroatoms. The Balaban J connectivity index is 1.84. The quantitative estimate of drug-likeness (QED) is 0.886. The Morgan fingerprint density at radius 3 is 2.84 bits per heavy atom. The van der Waals surface area contributed by atoms with E-state index in [1.807, 2.05) is 0 Å². The molecule has 3 nitrogen and oxygen atoms in total. The molecule has 1 aliphatic rings. The molecule has 0 spiro atoms. The fraction of sp³-hybridized carbons (Fsp3) is 0.625. The summed E-state index contributed by atoms with van der Waals surface area (Å²) in [4.78, 5) is 2.30. The Hall–Kier alpha value is -0.900. The normalized spacial score (nSPS) is 21.6. The highest BCUT2D eigenvalue weighted by Gasteiger charge is 2.18. The van der Waals surface area contributed by atoms with Crippen molar-refractivity contribution in [1.29, 1.82) is 0 Å². The van der Waals surface area contributed by atoms with Gasteiger partial charge in [-0.3, -0.25) is 0 Å². The second-order valence-corrected chi connectivity index (χ2v) is 5.67. The molecule has 2 rings (SSSR count). The second-order valence-electron chi connectivity index (χ2n) is 5.67. The maximum absolute atomic E-state index is 6.32. The van der Waals surface area contributed by atoms with Crippen LogP contribution < -0.4 is 5.73 Å². The number of hydrogen-bond donors (Lipinski definition) is 1. The van der Waals surface area contributed by atoms with Crippen LogP contribution >= 0.6 is 0 Å². The largest absolute Gasteiger partial charge is 0.377 e.